The van der Waals surface area contributed by atoms with Crippen LogP contribution in [-0.2, 0) is 0 Å². The Bertz CT molecular complexity index is 1030. The number of carbonyl (C=O) groups excluding carboxylic acids is 1. The summed E-state index contributed by atoms with van der Waals surface area (Å²) < 4.78 is 0. The van der Waals surface area contributed by atoms with Crippen LogP contribution in [0.4, 0.5) is 15.6 Å². The molecular formula is C20H15N3OS. The highest BCUT2D eigenvalue weighted by Gasteiger charge is 2.08. The van der Waals surface area contributed by atoms with Gasteiger partial charge in [0, 0.05) is 16.6 Å². The summed E-state index contributed by atoms with van der Waals surface area (Å²) in [5.74, 6) is 0. The summed E-state index contributed by atoms with van der Waals surface area (Å²) in [5, 5.41) is 10.4. The molecule has 122 valence electrons. The molecule has 0 unspecified atom stereocenters. The second-order valence-electron chi connectivity index (χ2n) is 5.54. The first-order chi connectivity index (χ1) is 12.3. The SMILES string of the molecule is O=C(Nc1ccccc1)Nc1nc(-c2ccc3ccccc3c2)cs1. The number of nitrogens with one attached hydrogen (secondary N) is 2. The lowest BCUT2D eigenvalue weighted by Gasteiger charge is -2.04. The molecule has 1 aromatic heterocycles. The molecule has 0 spiro atoms. The lowest BCUT2D eigenvalue weighted by atomic mass is 10.1. The first kappa shape index (κ1) is 15.4. The summed E-state index contributed by atoms with van der Waals surface area (Å²) in [5.41, 5.74) is 2.63. The molecule has 25 heavy (non-hydrogen) atoms. The largest absolute Gasteiger partial charge is 0.325 e. The summed E-state index contributed by atoms with van der Waals surface area (Å²) in [4.78, 5) is 16.6. The van der Waals surface area contributed by atoms with Gasteiger partial charge in [-0.05, 0) is 29.0 Å². The molecular weight excluding hydrogens is 330 g/mol. The van der Waals surface area contributed by atoms with Crippen LogP contribution < -0.4 is 10.6 Å². The van der Waals surface area contributed by atoms with Crippen molar-refractivity contribution in [1.82, 2.24) is 4.98 Å². The van der Waals surface area contributed by atoms with E-state index in [-0.39, 0.29) is 6.03 Å². The molecule has 0 bridgehead atoms. The van der Waals surface area contributed by atoms with Gasteiger partial charge in [-0.3, -0.25) is 5.32 Å². The quantitative estimate of drug-likeness (QED) is 0.507. The predicted octanol–water partition coefficient (Wildman–Crippen LogP) is 5.61. The number of amides is 2. The number of urea groups is 1. The number of aromatic nitrogens is 1. The molecule has 5 heteroatoms. The summed E-state index contributed by atoms with van der Waals surface area (Å²) >= 11 is 1.41. The zero-order valence-electron chi connectivity index (χ0n) is 13.3. The van der Waals surface area contributed by atoms with Gasteiger partial charge in [-0.2, -0.15) is 0 Å². The van der Waals surface area contributed by atoms with Crippen LogP contribution in [0.15, 0.2) is 78.2 Å². The Morgan fingerprint density at radius 1 is 0.840 bits per heavy atom. The highest BCUT2D eigenvalue weighted by Crippen LogP contribution is 2.27. The molecule has 2 amide bonds. The van der Waals surface area contributed by atoms with Crippen LogP contribution in [0, 0.1) is 0 Å². The van der Waals surface area contributed by atoms with E-state index in [4.69, 9.17) is 0 Å². The normalized spacial score (nSPS) is 10.6. The Balaban J connectivity index is 1.50. The Labute approximate surface area is 149 Å². The average Bonchev–Trinajstić information content (AvgIpc) is 3.10. The summed E-state index contributed by atoms with van der Waals surface area (Å²) in [7, 11) is 0. The molecule has 4 nitrogen and oxygen atoms in total. The maximum Gasteiger partial charge on any atom is 0.325 e. The highest BCUT2D eigenvalue weighted by molar-refractivity contribution is 7.14. The molecule has 0 aliphatic rings. The number of carbonyl (C=O) groups is 1. The number of hydrogen-bond donors (Lipinski definition) is 2. The monoisotopic (exact) mass is 345 g/mol. The Hall–Kier alpha value is -3.18. The lowest BCUT2D eigenvalue weighted by molar-refractivity contribution is 0.262. The van der Waals surface area contributed by atoms with Gasteiger partial charge < -0.3 is 5.32 Å². The maximum atomic E-state index is 12.0. The van der Waals surface area contributed by atoms with Gasteiger partial charge in [0.05, 0.1) is 5.69 Å². The number of nitrogens with zero attached hydrogens (tertiary/aromatic N) is 1. The van der Waals surface area contributed by atoms with Crippen LogP contribution >= 0.6 is 11.3 Å². The number of benzene rings is 3. The van der Waals surface area contributed by atoms with Crippen molar-refractivity contribution in [1.29, 1.82) is 0 Å². The predicted molar refractivity (Wildman–Crippen MR) is 104 cm³/mol. The van der Waals surface area contributed by atoms with Crippen LogP contribution in [0.3, 0.4) is 0 Å². The molecule has 3 aromatic carbocycles. The van der Waals surface area contributed by atoms with E-state index < -0.39 is 0 Å². The third kappa shape index (κ3) is 3.51. The molecule has 2 N–H and O–H groups in total. The second kappa shape index (κ2) is 6.75. The Morgan fingerprint density at radius 3 is 2.44 bits per heavy atom. The van der Waals surface area contributed by atoms with Crippen molar-refractivity contribution in [3.8, 4) is 11.3 Å². The van der Waals surface area contributed by atoms with Crippen molar-refractivity contribution >= 4 is 39.0 Å². The molecule has 0 fully saturated rings. The van der Waals surface area contributed by atoms with E-state index in [9.17, 15) is 4.79 Å². The summed E-state index contributed by atoms with van der Waals surface area (Å²) in [6.07, 6.45) is 0. The van der Waals surface area contributed by atoms with E-state index >= 15 is 0 Å². The zero-order chi connectivity index (χ0) is 17.1. The van der Waals surface area contributed by atoms with Gasteiger partial charge in [-0.1, -0.05) is 54.6 Å². The average molecular weight is 345 g/mol. The van der Waals surface area contributed by atoms with Gasteiger partial charge >= 0.3 is 6.03 Å². The fourth-order valence-electron chi connectivity index (χ4n) is 2.59. The number of thiazole rings is 1. The van der Waals surface area contributed by atoms with Crippen molar-refractivity contribution in [2.75, 3.05) is 10.6 Å². The zero-order valence-corrected chi connectivity index (χ0v) is 14.1. The van der Waals surface area contributed by atoms with Gasteiger partial charge in [0.2, 0.25) is 0 Å². The fourth-order valence-corrected chi connectivity index (χ4v) is 3.31. The number of anilines is 2. The van der Waals surface area contributed by atoms with Crippen molar-refractivity contribution < 1.29 is 4.79 Å². The Morgan fingerprint density at radius 2 is 1.60 bits per heavy atom. The van der Waals surface area contributed by atoms with Gasteiger partial charge in [0.25, 0.3) is 0 Å². The minimum Gasteiger partial charge on any atom is -0.308 e. The summed E-state index contributed by atoms with van der Waals surface area (Å²) in [6.45, 7) is 0. The maximum absolute atomic E-state index is 12.0. The Kier molecular flexibility index (Phi) is 4.14. The van der Waals surface area contributed by atoms with E-state index in [0.717, 1.165) is 16.9 Å². The minimum absolute atomic E-state index is 0.300. The molecule has 0 aliphatic carbocycles. The fraction of sp³-hybridized carbons (Fsp3) is 0. The van der Waals surface area contributed by atoms with Crippen LogP contribution in [0.1, 0.15) is 0 Å². The third-order valence-electron chi connectivity index (χ3n) is 3.80. The van der Waals surface area contributed by atoms with E-state index in [0.29, 0.717) is 5.13 Å². The third-order valence-corrected chi connectivity index (χ3v) is 4.56. The molecule has 1 heterocycles. The lowest BCUT2D eigenvalue weighted by Crippen LogP contribution is -2.19. The molecule has 4 rings (SSSR count). The van der Waals surface area contributed by atoms with Gasteiger partial charge in [-0.15, -0.1) is 11.3 Å². The van der Waals surface area contributed by atoms with Crippen molar-refractivity contribution in [2.45, 2.75) is 0 Å². The van der Waals surface area contributed by atoms with E-state index in [1.807, 2.05) is 53.9 Å². The number of rotatable bonds is 3. The minimum atomic E-state index is -0.300. The first-order valence-corrected chi connectivity index (χ1v) is 8.74. The van der Waals surface area contributed by atoms with Gasteiger partial charge in [0.1, 0.15) is 0 Å². The number of fused-ring (bicyclic) bond motifs is 1. The first-order valence-electron chi connectivity index (χ1n) is 7.86. The number of para-hydroxylation sites is 1. The summed E-state index contributed by atoms with van der Waals surface area (Å²) in [6, 6.07) is 23.5. The van der Waals surface area contributed by atoms with Crippen molar-refractivity contribution in [2.24, 2.45) is 0 Å². The van der Waals surface area contributed by atoms with Crippen LogP contribution in [-0.4, -0.2) is 11.0 Å². The topological polar surface area (TPSA) is 54.0 Å². The number of hydrogen-bond acceptors (Lipinski definition) is 3. The standard InChI is InChI=1S/C20H15N3OS/c24-19(21-17-8-2-1-3-9-17)23-20-22-18(13-25-20)16-11-10-14-6-4-5-7-15(14)12-16/h1-13H,(H2,21,22,23,24). The molecule has 0 atom stereocenters. The second-order valence-corrected chi connectivity index (χ2v) is 6.40. The van der Waals surface area contributed by atoms with Crippen molar-refractivity contribution in [3.63, 3.8) is 0 Å². The van der Waals surface area contributed by atoms with Crippen molar-refractivity contribution in [3.05, 3.63) is 78.2 Å². The van der Waals surface area contributed by atoms with Crippen LogP contribution in [0.5, 0.6) is 0 Å². The molecule has 0 saturated heterocycles. The molecule has 4 aromatic rings. The molecule has 0 saturated carbocycles. The van der Waals surface area contributed by atoms with Crippen LogP contribution in [0.2, 0.25) is 0 Å². The van der Waals surface area contributed by atoms with Crippen LogP contribution in [0.25, 0.3) is 22.0 Å². The van der Waals surface area contributed by atoms with E-state index in [1.54, 1.807) is 0 Å². The van der Waals surface area contributed by atoms with Gasteiger partial charge in [-0.25, -0.2) is 9.78 Å². The smallest absolute Gasteiger partial charge is 0.308 e. The molecule has 0 aliphatic heterocycles. The highest BCUT2D eigenvalue weighted by atomic mass is 32.1. The van der Waals surface area contributed by atoms with Gasteiger partial charge in [0.15, 0.2) is 5.13 Å². The van der Waals surface area contributed by atoms with E-state index in [2.05, 4.69) is 39.9 Å². The van der Waals surface area contributed by atoms with E-state index in [1.165, 1.54) is 22.1 Å². The molecule has 0 radical (unpaired) electrons.